The molecule has 0 fully saturated rings. The molecule has 0 aliphatic rings. The largest absolute Gasteiger partial charge is 0.492 e. The van der Waals surface area contributed by atoms with E-state index < -0.39 is 18.1 Å². The molecule has 1 aromatic heterocycles. The summed E-state index contributed by atoms with van der Waals surface area (Å²) in [5.74, 6) is -2.75. The van der Waals surface area contributed by atoms with Crippen molar-refractivity contribution in [2.45, 2.75) is 25.9 Å². The number of nitrogens with two attached hydrogens (primary N) is 2. The summed E-state index contributed by atoms with van der Waals surface area (Å²) in [5, 5.41) is 15.8. The van der Waals surface area contributed by atoms with Crippen LogP contribution in [0.25, 0.3) is 0 Å². The summed E-state index contributed by atoms with van der Waals surface area (Å²) in [6.07, 6.45) is -3.42. The van der Waals surface area contributed by atoms with Crippen molar-refractivity contribution in [3.05, 3.63) is 34.1 Å². The summed E-state index contributed by atoms with van der Waals surface area (Å²) < 4.78 is 37.1. The Labute approximate surface area is 243 Å². The molecule has 18 heteroatoms. The average Bonchev–Trinajstić information content (AvgIpc) is 2.87. The molecule has 0 atom stereocenters. The Kier molecular flexibility index (Phi) is 14.7. The zero-order valence-electron chi connectivity index (χ0n) is 22.1. The average molecular weight is 627 g/mol. The molecule has 41 heavy (non-hydrogen) atoms. The number of nitrogens with one attached hydrogen (secondary N) is 3. The monoisotopic (exact) mass is 626 g/mol. The molecular formula is C23H31Cl2F3N8O5. The van der Waals surface area contributed by atoms with Crippen LogP contribution in [0.15, 0.2) is 18.2 Å². The summed E-state index contributed by atoms with van der Waals surface area (Å²) in [6, 6.07) is 4.78. The van der Waals surface area contributed by atoms with Gasteiger partial charge in [0.2, 0.25) is 0 Å². The number of alkyl halides is 3. The number of nitrogens with zero attached hydrogens (tertiary/aromatic N) is 3. The van der Waals surface area contributed by atoms with Gasteiger partial charge in [0.15, 0.2) is 22.5 Å². The number of carboxylic acids is 1. The number of hydrogen-bond acceptors (Lipinski definition) is 9. The van der Waals surface area contributed by atoms with Crippen molar-refractivity contribution in [1.29, 1.82) is 0 Å². The number of ether oxygens (including phenoxy) is 1. The third-order valence-electron chi connectivity index (χ3n) is 4.88. The van der Waals surface area contributed by atoms with E-state index in [0.717, 1.165) is 19.4 Å². The highest BCUT2D eigenvalue weighted by molar-refractivity contribution is 6.32. The molecule has 1 aromatic carbocycles. The number of likely N-dealkylation sites (N-methyl/N-ethyl adjacent to an activating group) is 1. The molecule has 8 N–H and O–H groups in total. The molecule has 13 nitrogen and oxygen atoms in total. The van der Waals surface area contributed by atoms with E-state index in [1.807, 2.05) is 14.0 Å². The lowest BCUT2D eigenvalue weighted by atomic mass is 10.3. The maximum absolute atomic E-state index is 12.2. The molecule has 228 valence electrons. The van der Waals surface area contributed by atoms with Gasteiger partial charge in [-0.1, -0.05) is 23.2 Å². The predicted molar refractivity (Wildman–Crippen MR) is 148 cm³/mol. The van der Waals surface area contributed by atoms with Crippen molar-refractivity contribution in [3.8, 4) is 5.75 Å². The molecule has 0 bridgehead atoms. The van der Waals surface area contributed by atoms with Crippen molar-refractivity contribution in [1.82, 2.24) is 25.5 Å². The van der Waals surface area contributed by atoms with E-state index in [-0.39, 0.29) is 28.5 Å². The number of unbranched alkanes of at least 4 members (excludes halogenated alkanes) is 1. The number of urea groups is 1. The number of anilines is 3. The smallest absolute Gasteiger partial charge is 0.490 e. The van der Waals surface area contributed by atoms with Gasteiger partial charge in [0, 0.05) is 25.3 Å². The second kappa shape index (κ2) is 17.1. The summed E-state index contributed by atoms with van der Waals surface area (Å²) in [6.45, 7) is 4.72. The molecule has 0 saturated carbocycles. The van der Waals surface area contributed by atoms with E-state index in [1.54, 1.807) is 18.2 Å². The lowest BCUT2D eigenvalue weighted by molar-refractivity contribution is -0.192. The third-order valence-corrected chi connectivity index (χ3v) is 5.46. The Morgan fingerprint density at radius 2 is 1.71 bits per heavy atom. The van der Waals surface area contributed by atoms with Crippen LogP contribution in [0.5, 0.6) is 5.75 Å². The van der Waals surface area contributed by atoms with E-state index in [4.69, 9.17) is 49.3 Å². The van der Waals surface area contributed by atoms with Crippen LogP contribution in [0.4, 0.5) is 35.3 Å². The topological polar surface area (TPSA) is 198 Å². The molecule has 1 heterocycles. The number of rotatable bonds is 12. The highest BCUT2D eigenvalue weighted by atomic mass is 35.5. The molecule has 0 spiro atoms. The lowest BCUT2D eigenvalue weighted by Gasteiger charge is -2.17. The number of hydrogen-bond donors (Lipinski definition) is 6. The van der Waals surface area contributed by atoms with E-state index in [1.165, 1.54) is 0 Å². The van der Waals surface area contributed by atoms with E-state index in [0.29, 0.717) is 42.7 Å². The second-order valence-corrected chi connectivity index (χ2v) is 8.93. The van der Waals surface area contributed by atoms with Crippen molar-refractivity contribution in [2.24, 2.45) is 0 Å². The van der Waals surface area contributed by atoms with Crippen LogP contribution in [-0.4, -0.2) is 83.9 Å². The van der Waals surface area contributed by atoms with E-state index in [2.05, 4.69) is 30.8 Å². The Balaban J connectivity index is 0.00000106. The molecule has 3 amide bonds. The van der Waals surface area contributed by atoms with Gasteiger partial charge in [-0.15, -0.1) is 0 Å². The van der Waals surface area contributed by atoms with Gasteiger partial charge in [0.05, 0.1) is 11.6 Å². The number of aromatic nitrogens is 2. The predicted octanol–water partition coefficient (Wildman–Crippen LogP) is 3.24. The molecular weight excluding hydrogens is 596 g/mol. The molecule has 2 rings (SSSR count). The first-order valence-electron chi connectivity index (χ1n) is 12.0. The maximum Gasteiger partial charge on any atom is 0.490 e. The SMILES string of the molecule is CCOc1ccc(NC(=O)NCCCCN(C)CCNC(=O)c2nc(Cl)c(N)nc2N)cc1Cl.O=C(O)C(F)(F)F. The molecule has 0 radical (unpaired) electrons. The standard InChI is InChI=1S/C21H30Cl2N8O3.C2HF3O2/c1-3-34-15-7-6-13(12-14(15)22)28-21(33)27-8-4-5-10-31(2)11-9-26-20(32)16-18(24)30-19(25)17(23)29-16;3-2(4,5)1(6)7/h6-7,12H,3-5,8-11H2,1-2H3,(H,26,32)(H4,24,25,30)(H2,27,28,33);(H,6,7). The van der Waals surface area contributed by atoms with Crippen LogP contribution in [-0.2, 0) is 4.79 Å². The maximum atomic E-state index is 12.2. The molecule has 0 saturated heterocycles. The van der Waals surface area contributed by atoms with Crippen LogP contribution in [0.3, 0.4) is 0 Å². The van der Waals surface area contributed by atoms with Crippen molar-refractivity contribution < 1.29 is 37.4 Å². The lowest BCUT2D eigenvalue weighted by Crippen LogP contribution is -2.34. The molecule has 0 unspecified atom stereocenters. The van der Waals surface area contributed by atoms with Crippen LogP contribution in [0.2, 0.25) is 10.2 Å². The van der Waals surface area contributed by atoms with Gasteiger partial charge in [-0.3, -0.25) is 4.79 Å². The number of carbonyl (C=O) groups is 3. The zero-order valence-corrected chi connectivity index (χ0v) is 23.7. The number of benzene rings is 1. The van der Waals surface area contributed by atoms with Crippen LogP contribution in [0.1, 0.15) is 30.3 Å². The Bertz CT molecular complexity index is 1190. The van der Waals surface area contributed by atoms with Gasteiger partial charge < -0.3 is 42.2 Å². The van der Waals surface area contributed by atoms with Gasteiger partial charge in [-0.25, -0.2) is 19.6 Å². The summed E-state index contributed by atoms with van der Waals surface area (Å²) in [5.41, 5.74) is 11.7. The first kappa shape index (κ1) is 35.3. The summed E-state index contributed by atoms with van der Waals surface area (Å²) >= 11 is 11.9. The number of carboxylic acid groups (broad SMARTS) is 1. The van der Waals surface area contributed by atoms with E-state index in [9.17, 15) is 22.8 Å². The van der Waals surface area contributed by atoms with Gasteiger partial charge in [-0.05, 0) is 51.6 Å². The third kappa shape index (κ3) is 13.4. The first-order chi connectivity index (χ1) is 19.1. The highest BCUT2D eigenvalue weighted by Gasteiger charge is 2.38. The van der Waals surface area contributed by atoms with Gasteiger partial charge in [-0.2, -0.15) is 13.2 Å². The summed E-state index contributed by atoms with van der Waals surface area (Å²) in [7, 11) is 1.94. The molecule has 0 aliphatic heterocycles. The number of carbonyl (C=O) groups excluding carboxylic acids is 2. The molecule has 0 aliphatic carbocycles. The van der Waals surface area contributed by atoms with Gasteiger partial charge in [0.1, 0.15) is 5.75 Å². The first-order valence-corrected chi connectivity index (χ1v) is 12.7. The number of aliphatic carboxylic acids is 1. The fourth-order valence-corrected chi connectivity index (χ4v) is 3.26. The number of nitrogen functional groups attached to an aromatic ring is 2. The van der Waals surface area contributed by atoms with Crippen LogP contribution >= 0.6 is 23.2 Å². The normalized spacial score (nSPS) is 10.8. The van der Waals surface area contributed by atoms with Crippen LogP contribution < -0.4 is 32.2 Å². The number of amides is 3. The fourth-order valence-electron chi connectivity index (χ4n) is 2.90. The Morgan fingerprint density at radius 1 is 1.05 bits per heavy atom. The van der Waals surface area contributed by atoms with E-state index >= 15 is 0 Å². The highest BCUT2D eigenvalue weighted by Crippen LogP contribution is 2.27. The summed E-state index contributed by atoms with van der Waals surface area (Å²) in [4.78, 5) is 42.9. The minimum atomic E-state index is -5.08. The Morgan fingerprint density at radius 3 is 2.29 bits per heavy atom. The van der Waals surface area contributed by atoms with Crippen molar-refractivity contribution >= 4 is 58.4 Å². The quantitative estimate of drug-likeness (QED) is 0.190. The minimum Gasteiger partial charge on any atom is -0.492 e. The van der Waals surface area contributed by atoms with Crippen LogP contribution in [0, 0.1) is 0 Å². The minimum absolute atomic E-state index is 0.0250. The fraction of sp³-hybridized carbons (Fsp3) is 0.435. The van der Waals surface area contributed by atoms with Crippen molar-refractivity contribution in [3.63, 3.8) is 0 Å². The van der Waals surface area contributed by atoms with Gasteiger partial charge in [0.25, 0.3) is 5.91 Å². The van der Waals surface area contributed by atoms with Gasteiger partial charge >= 0.3 is 18.2 Å². The van der Waals surface area contributed by atoms with Crippen molar-refractivity contribution in [2.75, 3.05) is 56.6 Å². The molecule has 2 aromatic rings. The Hall–Kier alpha value is -3.76. The second-order valence-electron chi connectivity index (χ2n) is 8.16. The number of halogens is 5. The zero-order chi connectivity index (χ0) is 31.2.